The molecule has 0 aliphatic carbocycles. The Labute approximate surface area is 134 Å². The maximum atomic E-state index is 5.36. The number of nitrogens with two attached hydrogens (primary N) is 2. The van der Waals surface area contributed by atoms with Crippen molar-refractivity contribution in [2.24, 2.45) is 21.5 Å². The van der Waals surface area contributed by atoms with Gasteiger partial charge in [0, 0.05) is 12.7 Å². The number of hydrogen-bond acceptors (Lipinski definition) is 5. The van der Waals surface area contributed by atoms with Crippen LogP contribution in [0.4, 0.5) is 11.5 Å². The zero-order chi connectivity index (χ0) is 16.1. The second-order valence-corrected chi connectivity index (χ2v) is 5.21. The topological polar surface area (TPSA) is 114 Å². The second-order valence-electron chi connectivity index (χ2n) is 5.21. The molecule has 0 saturated carbocycles. The van der Waals surface area contributed by atoms with Crippen molar-refractivity contribution >= 4 is 23.4 Å². The van der Waals surface area contributed by atoms with Crippen LogP contribution < -0.4 is 22.1 Å². The SMILES string of the molecule is NC(N)=Nc1ccc(Cc2ccc(NC3=NCCN3)nc2)cc1. The van der Waals surface area contributed by atoms with Crippen LogP contribution in [0.3, 0.4) is 0 Å². The van der Waals surface area contributed by atoms with Gasteiger partial charge in [-0.15, -0.1) is 0 Å². The van der Waals surface area contributed by atoms with E-state index in [1.54, 1.807) is 0 Å². The van der Waals surface area contributed by atoms with Crippen LogP contribution in [0.5, 0.6) is 0 Å². The van der Waals surface area contributed by atoms with Crippen molar-refractivity contribution in [1.82, 2.24) is 10.3 Å². The van der Waals surface area contributed by atoms with E-state index in [4.69, 9.17) is 11.5 Å². The highest BCUT2D eigenvalue weighted by Crippen LogP contribution is 2.16. The molecule has 0 saturated heterocycles. The zero-order valence-electron chi connectivity index (χ0n) is 12.7. The van der Waals surface area contributed by atoms with Gasteiger partial charge in [0.05, 0.1) is 12.2 Å². The van der Waals surface area contributed by atoms with Gasteiger partial charge in [0.25, 0.3) is 0 Å². The van der Waals surface area contributed by atoms with Crippen molar-refractivity contribution in [3.05, 3.63) is 53.7 Å². The van der Waals surface area contributed by atoms with Gasteiger partial charge >= 0.3 is 0 Å². The Morgan fingerprint density at radius 1 is 1.13 bits per heavy atom. The standard InChI is InChI=1S/C16H19N7/c17-15(18)22-13-4-1-11(2-5-13)9-12-3-6-14(21-10-12)23-16-19-7-8-20-16/h1-6,10H,7-9H2,(H4,17,18,22)(H2,19,20,21,23). The highest BCUT2D eigenvalue weighted by Gasteiger charge is 2.05. The van der Waals surface area contributed by atoms with Gasteiger partial charge < -0.3 is 22.1 Å². The monoisotopic (exact) mass is 309 g/mol. The summed E-state index contributed by atoms with van der Waals surface area (Å²) in [5, 5.41) is 6.30. The van der Waals surface area contributed by atoms with E-state index in [2.05, 4.69) is 31.7 Å². The number of rotatable bonds is 4. The first-order chi connectivity index (χ1) is 11.2. The first kappa shape index (κ1) is 14.8. The summed E-state index contributed by atoms with van der Waals surface area (Å²) in [6.07, 6.45) is 2.66. The van der Waals surface area contributed by atoms with Gasteiger partial charge in [-0.25, -0.2) is 9.98 Å². The van der Waals surface area contributed by atoms with Crippen LogP contribution in [0, 0.1) is 0 Å². The van der Waals surface area contributed by atoms with Crippen LogP contribution in [-0.2, 0) is 6.42 Å². The highest BCUT2D eigenvalue weighted by molar-refractivity contribution is 5.93. The van der Waals surface area contributed by atoms with Gasteiger partial charge in [-0.05, 0) is 35.7 Å². The van der Waals surface area contributed by atoms with Crippen LogP contribution in [-0.4, -0.2) is 30.0 Å². The number of pyridine rings is 1. The molecule has 1 aromatic heterocycles. The summed E-state index contributed by atoms with van der Waals surface area (Å²) in [6.45, 7) is 1.67. The first-order valence-electron chi connectivity index (χ1n) is 7.38. The molecule has 6 N–H and O–H groups in total. The van der Waals surface area contributed by atoms with Crippen molar-refractivity contribution in [2.45, 2.75) is 6.42 Å². The lowest BCUT2D eigenvalue weighted by atomic mass is 10.1. The van der Waals surface area contributed by atoms with Gasteiger partial charge in [-0.3, -0.25) is 4.99 Å². The molecule has 1 aromatic carbocycles. The minimum Gasteiger partial charge on any atom is -0.370 e. The number of guanidine groups is 2. The Bertz CT molecular complexity index is 713. The van der Waals surface area contributed by atoms with E-state index in [0.717, 1.165) is 42.5 Å². The molecule has 7 nitrogen and oxygen atoms in total. The lowest BCUT2D eigenvalue weighted by Gasteiger charge is -2.07. The van der Waals surface area contributed by atoms with Crippen LogP contribution >= 0.6 is 0 Å². The van der Waals surface area contributed by atoms with Gasteiger partial charge in [-0.1, -0.05) is 18.2 Å². The Morgan fingerprint density at radius 2 is 1.91 bits per heavy atom. The number of aromatic nitrogens is 1. The van der Waals surface area contributed by atoms with Gasteiger partial charge in [0.2, 0.25) is 0 Å². The number of nitrogens with one attached hydrogen (secondary N) is 2. The Hall–Kier alpha value is -3.09. The molecule has 0 atom stereocenters. The maximum absolute atomic E-state index is 5.36. The largest absolute Gasteiger partial charge is 0.370 e. The second kappa shape index (κ2) is 6.78. The minimum absolute atomic E-state index is 0.0615. The van der Waals surface area contributed by atoms with Crippen LogP contribution in [0.25, 0.3) is 0 Å². The predicted molar refractivity (Wildman–Crippen MR) is 92.9 cm³/mol. The molecule has 2 aromatic rings. The summed E-state index contributed by atoms with van der Waals surface area (Å²) in [7, 11) is 0. The van der Waals surface area contributed by atoms with Crippen molar-refractivity contribution in [1.29, 1.82) is 0 Å². The summed E-state index contributed by atoms with van der Waals surface area (Å²) in [5.74, 6) is 1.62. The van der Waals surface area contributed by atoms with E-state index in [0.29, 0.717) is 0 Å². The molecule has 3 rings (SSSR count). The summed E-state index contributed by atoms with van der Waals surface area (Å²) in [5.41, 5.74) is 13.8. The predicted octanol–water partition coefficient (Wildman–Crippen LogP) is 0.948. The summed E-state index contributed by atoms with van der Waals surface area (Å²) in [6, 6.07) is 11.8. The van der Waals surface area contributed by atoms with Crippen LogP contribution in [0.15, 0.2) is 52.6 Å². The van der Waals surface area contributed by atoms with E-state index in [1.807, 2.05) is 36.5 Å². The van der Waals surface area contributed by atoms with E-state index in [1.165, 1.54) is 5.56 Å². The third-order valence-electron chi connectivity index (χ3n) is 3.35. The highest BCUT2D eigenvalue weighted by atomic mass is 15.2. The molecule has 0 amide bonds. The molecule has 2 heterocycles. The molecular formula is C16H19N7. The summed E-state index contributed by atoms with van der Waals surface area (Å²) >= 11 is 0. The normalized spacial score (nSPS) is 13.1. The zero-order valence-corrected chi connectivity index (χ0v) is 12.7. The Kier molecular flexibility index (Phi) is 4.37. The molecule has 1 aliphatic rings. The molecule has 1 aliphatic heterocycles. The first-order valence-corrected chi connectivity index (χ1v) is 7.38. The summed E-state index contributed by atoms with van der Waals surface area (Å²) < 4.78 is 0. The number of nitrogens with zero attached hydrogens (tertiary/aromatic N) is 3. The van der Waals surface area contributed by atoms with Crippen molar-refractivity contribution in [2.75, 3.05) is 18.4 Å². The average molecular weight is 309 g/mol. The number of aliphatic imine (C=N–C) groups is 2. The molecule has 23 heavy (non-hydrogen) atoms. The van der Waals surface area contributed by atoms with Gasteiger partial charge in [0.15, 0.2) is 11.9 Å². The molecule has 0 unspecified atom stereocenters. The lowest BCUT2D eigenvalue weighted by Crippen LogP contribution is -2.26. The number of hydrogen-bond donors (Lipinski definition) is 4. The van der Waals surface area contributed by atoms with E-state index in [-0.39, 0.29) is 5.96 Å². The van der Waals surface area contributed by atoms with Crippen LogP contribution in [0.1, 0.15) is 11.1 Å². The molecule has 7 heteroatoms. The lowest BCUT2D eigenvalue weighted by molar-refractivity contribution is 0.958. The maximum Gasteiger partial charge on any atom is 0.197 e. The van der Waals surface area contributed by atoms with E-state index < -0.39 is 0 Å². The molecule has 118 valence electrons. The molecule has 0 radical (unpaired) electrons. The molecule has 0 fully saturated rings. The quantitative estimate of drug-likeness (QED) is 0.496. The molecular weight excluding hydrogens is 290 g/mol. The van der Waals surface area contributed by atoms with E-state index in [9.17, 15) is 0 Å². The van der Waals surface area contributed by atoms with Crippen molar-refractivity contribution in [3.63, 3.8) is 0 Å². The van der Waals surface area contributed by atoms with Gasteiger partial charge in [-0.2, -0.15) is 0 Å². The fourth-order valence-electron chi connectivity index (χ4n) is 2.28. The number of anilines is 1. The van der Waals surface area contributed by atoms with Crippen molar-refractivity contribution < 1.29 is 0 Å². The fourth-order valence-corrected chi connectivity index (χ4v) is 2.28. The average Bonchev–Trinajstić information content (AvgIpc) is 3.04. The third kappa shape index (κ3) is 4.19. The van der Waals surface area contributed by atoms with Crippen LogP contribution in [0.2, 0.25) is 0 Å². The summed E-state index contributed by atoms with van der Waals surface area (Å²) in [4.78, 5) is 12.7. The number of benzene rings is 1. The van der Waals surface area contributed by atoms with Crippen molar-refractivity contribution in [3.8, 4) is 0 Å². The van der Waals surface area contributed by atoms with E-state index >= 15 is 0 Å². The smallest absolute Gasteiger partial charge is 0.197 e. The molecule has 0 spiro atoms. The fraction of sp³-hybridized carbons (Fsp3) is 0.188. The Morgan fingerprint density at radius 3 is 2.52 bits per heavy atom. The minimum atomic E-state index is 0.0615. The Balaban J connectivity index is 1.62. The van der Waals surface area contributed by atoms with Gasteiger partial charge in [0.1, 0.15) is 5.82 Å². The molecule has 0 bridgehead atoms. The third-order valence-corrected chi connectivity index (χ3v) is 3.35.